The monoisotopic (exact) mass is 332 g/mol. The Hall–Kier alpha value is -2.76. The van der Waals surface area contributed by atoms with Gasteiger partial charge in [-0.3, -0.25) is 4.79 Å². The number of hydrogen-bond acceptors (Lipinski definition) is 1. The summed E-state index contributed by atoms with van der Waals surface area (Å²) in [6.07, 6.45) is -1.70. The maximum atomic E-state index is 12.5. The standard InChI is InChI=1S/C18H15F3N2O/c19-18(20,21)13-6-8-14(9-7-13)23-17(24)10-5-12-11-22-16-4-2-1-3-15(12)16/h1-4,6-9,11,22H,5,10H2,(H,23,24). The topological polar surface area (TPSA) is 44.9 Å². The first-order valence-electron chi connectivity index (χ1n) is 7.45. The molecule has 1 amide bonds. The van der Waals surface area contributed by atoms with Crippen LogP contribution in [-0.4, -0.2) is 10.9 Å². The van der Waals surface area contributed by atoms with E-state index in [1.54, 1.807) is 0 Å². The van der Waals surface area contributed by atoms with Gasteiger partial charge in [0.15, 0.2) is 0 Å². The van der Waals surface area contributed by atoms with Crippen molar-refractivity contribution in [2.75, 3.05) is 5.32 Å². The van der Waals surface area contributed by atoms with Crippen molar-refractivity contribution in [2.24, 2.45) is 0 Å². The fourth-order valence-corrected chi connectivity index (χ4v) is 2.55. The Bertz CT molecular complexity index is 851. The van der Waals surface area contributed by atoms with E-state index in [1.807, 2.05) is 30.5 Å². The van der Waals surface area contributed by atoms with Gasteiger partial charge in [0.2, 0.25) is 5.91 Å². The van der Waals surface area contributed by atoms with Crippen LogP contribution in [0.15, 0.2) is 54.7 Å². The lowest BCUT2D eigenvalue weighted by Crippen LogP contribution is -2.12. The zero-order valence-corrected chi connectivity index (χ0v) is 12.7. The lowest BCUT2D eigenvalue weighted by molar-refractivity contribution is -0.137. The Kier molecular flexibility index (Phi) is 4.29. The summed E-state index contributed by atoms with van der Waals surface area (Å²) in [5.41, 5.74) is 1.66. The van der Waals surface area contributed by atoms with E-state index in [0.29, 0.717) is 12.1 Å². The van der Waals surface area contributed by atoms with Gasteiger partial charge in [0, 0.05) is 29.2 Å². The lowest BCUT2D eigenvalue weighted by atomic mass is 10.1. The summed E-state index contributed by atoms with van der Waals surface area (Å²) in [4.78, 5) is 15.1. The second kappa shape index (κ2) is 6.39. The molecule has 0 bridgehead atoms. The van der Waals surface area contributed by atoms with Gasteiger partial charge in [0.1, 0.15) is 0 Å². The minimum Gasteiger partial charge on any atom is -0.361 e. The van der Waals surface area contributed by atoms with Crippen LogP contribution in [0.3, 0.4) is 0 Å². The number of para-hydroxylation sites is 1. The predicted octanol–water partition coefficient (Wildman–Crippen LogP) is 4.76. The average molecular weight is 332 g/mol. The van der Waals surface area contributed by atoms with E-state index in [2.05, 4.69) is 10.3 Å². The maximum Gasteiger partial charge on any atom is 0.416 e. The molecule has 0 saturated carbocycles. The number of hydrogen-bond donors (Lipinski definition) is 2. The Morgan fingerprint density at radius 3 is 2.46 bits per heavy atom. The Labute approximate surface area is 136 Å². The number of nitrogens with one attached hydrogen (secondary N) is 2. The molecule has 0 spiro atoms. The molecule has 124 valence electrons. The number of halogens is 3. The predicted molar refractivity (Wildman–Crippen MR) is 86.7 cm³/mol. The van der Waals surface area contributed by atoms with Gasteiger partial charge in [-0.15, -0.1) is 0 Å². The van der Waals surface area contributed by atoms with Crippen molar-refractivity contribution in [2.45, 2.75) is 19.0 Å². The second-order valence-corrected chi connectivity index (χ2v) is 5.48. The number of aromatic nitrogens is 1. The van der Waals surface area contributed by atoms with E-state index in [9.17, 15) is 18.0 Å². The van der Waals surface area contributed by atoms with E-state index in [4.69, 9.17) is 0 Å². The number of rotatable bonds is 4. The van der Waals surface area contributed by atoms with E-state index in [1.165, 1.54) is 12.1 Å². The van der Waals surface area contributed by atoms with Gasteiger partial charge in [-0.05, 0) is 42.3 Å². The molecule has 0 aliphatic heterocycles. The van der Waals surface area contributed by atoms with Gasteiger partial charge in [-0.25, -0.2) is 0 Å². The molecule has 0 atom stereocenters. The number of carbonyl (C=O) groups is 1. The van der Waals surface area contributed by atoms with Crippen LogP contribution in [0.5, 0.6) is 0 Å². The number of amides is 1. The van der Waals surface area contributed by atoms with E-state index in [-0.39, 0.29) is 12.3 Å². The molecule has 3 aromatic rings. The number of anilines is 1. The zero-order valence-electron chi connectivity index (χ0n) is 12.7. The highest BCUT2D eigenvalue weighted by atomic mass is 19.4. The molecule has 3 rings (SSSR count). The van der Waals surface area contributed by atoms with Crippen LogP contribution in [0.25, 0.3) is 10.9 Å². The van der Waals surface area contributed by atoms with Gasteiger partial charge in [-0.1, -0.05) is 18.2 Å². The van der Waals surface area contributed by atoms with Crippen LogP contribution in [0.4, 0.5) is 18.9 Å². The molecule has 0 aliphatic rings. The van der Waals surface area contributed by atoms with Crippen LogP contribution >= 0.6 is 0 Å². The Morgan fingerprint density at radius 2 is 1.75 bits per heavy atom. The van der Waals surface area contributed by atoms with E-state index >= 15 is 0 Å². The highest BCUT2D eigenvalue weighted by molar-refractivity contribution is 5.91. The number of carbonyl (C=O) groups excluding carboxylic acids is 1. The normalized spacial score (nSPS) is 11.6. The quantitative estimate of drug-likeness (QED) is 0.711. The van der Waals surface area contributed by atoms with Crippen molar-refractivity contribution in [3.05, 3.63) is 65.9 Å². The van der Waals surface area contributed by atoms with E-state index in [0.717, 1.165) is 28.6 Å². The van der Waals surface area contributed by atoms with Crippen molar-refractivity contribution in [1.29, 1.82) is 0 Å². The summed E-state index contributed by atoms with van der Waals surface area (Å²) in [6.45, 7) is 0. The van der Waals surface area contributed by atoms with Gasteiger partial charge in [0.05, 0.1) is 5.56 Å². The van der Waals surface area contributed by atoms with Gasteiger partial charge < -0.3 is 10.3 Å². The third-order valence-corrected chi connectivity index (χ3v) is 3.79. The van der Waals surface area contributed by atoms with Crippen LogP contribution in [0.1, 0.15) is 17.5 Å². The second-order valence-electron chi connectivity index (χ2n) is 5.48. The summed E-state index contributed by atoms with van der Waals surface area (Å²) in [5.74, 6) is -0.236. The summed E-state index contributed by atoms with van der Waals surface area (Å²) in [7, 11) is 0. The molecule has 2 N–H and O–H groups in total. The van der Waals surface area contributed by atoms with Crippen LogP contribution in [0, 0.1) is 0 Å². The van der Waals surface area contributed by atoms with Gasteiger partial charge >= 0.3 is 6.18 Å². The zero-order chi connectivity index (χ0) is 17.2. The first-order chi connectivity index (χ1) is 11.4. The molecule has 6 heteroatoms. The third kappa shape index (κ3) is 3.59. The molecule has 0 aliphatic carbocycles. The molecular formula is C18H15F3N2O. The number of alkyl halides is 3. The Morgan fingerprint density at radius 1 is 1.04 bits per heavy atom. The molecule has 0 saturated heterocycles. The molecule has 1 heterocycles. The smallest absolute Gasteiger partial charge is 0.361 e. The molecule has 1 aromatic heterocycles. The fraction of sp³-hybridized carbons (Fsp3) is 0.167. The van der Waals surface area contributed by atoms with Crippen molar-refractivity contribution >= 4 is 22.5 Å². The molecule has 3 nitrogen and oxygen atoms in total. The van der Waals surface area contributed by atoms with Gasteiger partial charge in [0.25, 0.3) is 0 Å². The van der Waals surface area contributed by atoms with Gasteiger partial charge in [-0.2, -0.15) is 13.2 Å². The summed E-state index contributed by atoms with van der Waals surface area (Å²) in [6, 6.07) is 12.2. The molecule has 2 aromatic carbocycles. The van der Waals surface area contributed by atoms with Crippen LogP contribution < -0.4 is 5.32 Å². The molecule has 0 unspecified atom stereocenters. The fourth-order valence-electron chi connectivity index (χ4n) is 2.55. The first-order valence-corrected chi connectivity index (χ1v) is 7.45. The number of H-pyrrole nitrogens is 1. The summed E-state index contributed by atoms with van der Waals surface area (Å²) >= 11 is 0. The number of aromatic amines is 1. The van der Waals surface area contributed by atoms with Crippen molar-refractivity contribution < 1.29 is 18.0 Å². The minimum absolute atomic E-state index is 0.236. The van der Waals surface area contributed by atoms with Crippen molar-refractivity contribution in [1.82, 2.24) is 4.98 Å². The lowest BCUT2D eigenvalue weighted by Gasteiger charge is -2.08. The molecule has 0 fully saturated rings. The highest BCUT2D eigenvalue weighted by Gasteiger charge is 2.29. The van der Waals surface area contributed by atoms with Crippen molar-refractivity contribution in [3.63, 3.8) is 0 Å². The first kappa shape index (κ1) is 16.1. The molecular weight excluding hydrogens is 317 g/mol. The minimum atomic E-state index is -4.38. The van der Waals surface area contributed by atoms with Crippen LogP contribution in [0.2, 0.25) is 0 Å². The number of aryl methyl sites for hydroxylation is 1. The SMILES string of the molecule is O=C(CCc1c[nH]c2ccccc12)Nc1ccc(C(F)(F)F)cc1. The summed E-state index contributed by atoms with van der Waals surface area (Å²) in [5, 5.41) is 3.68. The van der Waals surface area contributed by atoms with E-state index < -0.39 is 11.7 Å². The highest BCUT2D eigenvalue weighted by Crippen LogP contribution is 2.29. The number of benzene rings is 2. The van der Waals surface area contributed by atoms with Crippen LogP contribution in [-0.2, 0) is 17.4 Å². The average Bonchev–Trinajstić information content (AvgIpc) is 2.96. The largest absolute Gasteiger partial charge is 0.416 e. The maximum absolute atomic E-state index is 12.5. The molecule has 0 radical (unpaired) electrons. The number of fused-ring (bicyclic) bond motifs is 1. The third-order valence-electron chi connectivity index (χ3n) is 3.79. The molecule has 24 heavy (non-hydrogen) atoms. The Balaban J connectivity index is 1.60. The van der Waals surface area contributed by atoms with Crippen molar-refractivity contribution in [3.8, 4) is 0 Å². The summed E-state index contributed by atoms with van der Waals surface area (Å²) < 4.78 is 37.5.